The third-order valence-electron chi connectivity index (χ3n) is 4.32. The number of piperazine rings is 1. The molecule has 7 heteroatoms. The Morgan fingerprint density at radius 1 is 0.923 bits per heavy atom. The van der Waals surface area contributed by atoms with Gasteiger partial charge in [-0.15, -0.1) is 0 Å². The van der Waals surface area contributed by atoms with Crippen LogP contribution in [0.3, 0.4) is 0 Å². The van der Waals surface area contributed by atoms with E-state index in [1.807, 2.05) is 54.6 Å². The lowest BCUT2D eigenvalue weighted by Crippen LogP contribution is -2.50. The first kappa shape index (κ1) is 18.4. The molecule has 0 aliphatic carbocycles. The smallest absolute Gasteiger partial charge is 0.227 e. The van der Waals surface area contributed by atoms with E-state index in [0.29, 0.717) is 38.3 Å². The molecule has 0 saturated carbocycles. The summed E-state index contributed by atoms with van der Waals surface area (Å²) in [5.41, 5.74) is 0.904. The van der Waals surface area contributed by atoms with Crippen molar-refractivity contribution in [3.63, 3.8) is 0 Å². The first-order valence-electron chi connectivity index (χ1n) is 8.46. The second kappa shape index (κ2) is 7.88. The predicted octanol–water partition coefficient (Wildman–Crippen LogP) is 2.13. The highest BCUT2D eigenvalue weighted by Gasteiger charge is 2.25. The molecule has 3 rings (SSSR count). The maximum Gasteiger partial charge on any atom is 0.227 e. The highest BCUT2D eigenvalue weighted by molar-refractivity contribution is 7.88. The Morgan fingerprint density at radius 2 is 1.50 bits per heavy atom. The molecule has 1 aliphatic rings. The lowest BCUT2D eigenvalue weighted by atomic mass is 10.1. The Morgan fingerprint density at radius 3 is 2.08 bits per heavy atom. The summed E-state index contributed by atoms with van der Waals surface area (Å²) in [6.45, 7) is 1.57. The molecular formula is C19H22N2O4S. The third-order valence-corrected chi connectivity index (χ3v) is 5.62. The van der Waals surface area contributed by atoms with E-state index in [-0.39, 0.29) is 5.91 Å². The van der Waals surface area contributed by atoms with Gasteiger partial charge in [0.25, 0.3) is 0 Å². The maximum absolute atomic E-state index is 12.4. The Balaban J connectivity index is 1.53. The summed E-state index contributed by atoms with van der Waals surface area (Å²) in [7, 11) is -3.18. The molecule has 0 aromatic heterocycles. The van der Waals surface area contributed by atoms with Crippen molar-refractivity contribution >= 4 is 15.9 Å². The third kappa shape index (κ3) is 4.83. The lowest BCUT2D eigenvalue weighted by molar-refractivity contribution is -0.131. The van der Waals surface area contributed by atoms with Crippen molar-refractivity contribution in [1.29, 1.82) is 0 Å². The summed E-state index contributed by atoms with van der Waals surface area (Å²) in [5, 5.41) is 0. The second-order valence-corrected chi connectivity index (χ2v) is 8.26. The number of ether oxygens (including phenoxy) is 1. The Labute approximate surface area is 154 Å². The van der Waals surface area contributed by atoms with Crippen LogP contribution in [0.25, 0.3) is 0 Å². The van der Waals surface area contributed by atoms with Crippen molar-refractivity contribution in [2.24, 2.45) is 0 Å². The van der Waals surface area contributed by atoms with E-state index in [2.05, 4.69) is 0 Å². The summed E-state index contributed by atoms with van der Waals surface area (Å²) in [4.78, 5) is 14.1. The van der Waals surface area contributed by atoms with Crippen LogP contribution in [0.15, 0.2) is 54.6 Å². The van der Waals surface area contributed by atoms with Crippen LogP contribution in [-0.4, -0.2) is 56.0 Å². The monoisotopic (exact) mass is 374 g/mol. The fraction of sp³-hybridized carbons (Fsp3) is 0.316. The van der Waals surface area contributed by atoms with Crippen molar-refractivity contribution in [2.75, 3.05) is 32.4 Å². The van der Waals surface area contributed by atoms with E-state index < -0.39 is 10.0 Å². The zero-order chi connectivity index (χ0) is 18.6. The van der Waals surface area contributed by atoms with Crippen LogP contribution in [0.2, 0.25) is 0 Å². The van der Waals surface area contributed by atoms with E-state index in [1.54, 1.807) is 4.90 Å². The molecule has 0 radical (unpaired) electrons. The van der Waals surface area contributed by atoms with Crippen molar-refractivity contribution in [1.82, 2.24) is 9.21 Å². The van der Waals surface area contributed by atoms with E-state index in [0.717, 1.165) is 11.3 Å². The first-order chi connectivity index (χ1) is 12.4. The highest BCUT2D eigenvalue weighted by atomic mass is 32.2. The predicted molar refractivity (Wildman–Crippen MR) is 99.7 cm³/mol. The number of hydrogen-bond acceptors (Lipinski definition) is 4. The van der Waals surface area contributed by atoms with Gasteiger partial charge in [0.15, 0.2) is 0 Å². The summed E-state index contributed by atoms with van der Waals surface area (Å²) in [6.07, 6.45) is 1.49. The fourth-order valence-corrected chi connectivity index (χ4v) is 3.68. The molecule has 0 unspecified atom stereocenters. The molecule has 0 atom stereocenters. The second-order valence-electron chi connectivity index (χ2n) is 6.28. The number of carbonyl (C=O) groups is 1. The van der Waals surface area contributed by atoms with Gasteiger partial charge in [0, 0.05) is 26.2 Å². The summed E-state index contributed by atoms with van der Waals surface area (Å²) >= 11 is 0. The minimum Gasteiger partial charge on any atom is -0.457 e. The zero-order valence-electron chi connectivity index (χ0n) is 14.7. The number of benzene rings is 2. The van der Waals surface area contributed by atoms with Crippen LogP contribution in [0.5, 0.6) is 11.5 Å². The topological polar surface area (TPSA) is 66.9 Å². The molecule has 1 heterocycles. The molecule has 1 amide bonds. The Bertz CT molecular complexity index is 843. The number of carbonyl (C=O) groups excluding carboxylic acids is 1. The number of hydrogen-bond donors (Lipinski definition) is 0. The summed E-state index contributed by atoms with van der Waals surface area (Å²) < 4.78 is 30.2. The minimum atomic E-state index is -3.18. The number of amides is 1. The SMILES string of the molecule is CS(=O)(=O)N1CCN(C(=O)Cc2ccc(Oc3ccccc3)cc2)CC1. The van der Waals surface area contributed by atoms with Crippen molar-refractivity contribution in [2.45, 2.75) is 6.42 Å². The molecule has 2 aromatic carbocycles. The molecule has 138 valence electrons. The van der Waals surface area contributed by atoms with E-state index in [9.17, 15) is 13.2 Å². The van der Waals surface area contributed by atoms with Gasteiger partial charge >= 0.3 is 0 Å². The molecule has 1 aliphatic heterocycles. The highest BCUT2D eigenvalue weighted by Crippen LogP contribution is 2.21. The van der Waals surface area contributed by atoms with Crippen LogP contribution in [0.4, 0.5) is 0 Å². The standard InChI is InChI=1S/C19H22N2O4S/c1-26(23,24)21-13-11-20(12-14-21)19(22)15-16-7-9-18(10-8-16)25-17-5-3-2-4-6-17/h2-10H,11-15H2,1H3. The van der Waals surface area contributed by atoms with Gasteiger partial charge in [-0.2, -0.15) is 4.31 Å². The average Bonchev–Trinajstić information content (AvgIpc) is 2.63. The molecule has 26 heavy (non-hydrogen) atoms. The van der Waals surface area contributed by atoms with Crippen LogP contribution in [-0.2, 0) is 21.2 Å². The Hall–Kier alpha value is -2.38. The number of sulfonamides is 1. The zero-order valence-corrected chi connectivity index (χ0v) is 15.5. The van der Waals surface area contributed by atoms with E-state index in [4.69, 9.17) is 4.74 Å². The van der Waals surface area contributed by atoms with Crippen LogP contribution < -0.4 is 4.74 Å². The van der Waals surface area contributed by atoms with Crippen LogP contribution >= 0.6 is 0 Å². The van der Waals surface area contributed by atoms with Gasteiger partial charge in [-0.25, -0.2) is 8.42 Å². The van der Waals surface area contributed by atoms with Gasteiger partial charge in [-0.1, -0.05) is 30.3 Å². The number of nitrogens with zero attached hydrogens (tertiary/aromatic N) is 2. The summed E-state index contributed by atoms with van der Waals surface area (Å²) in [6, 6.07) is 17.0. The van der Waals surface area contributed by atoms with Gasteiger partial charge < -0.3 is 9.64 Å². The van der Waals surface area contributed by atoms with Gasteiger partial charge in [-0.3, -0.25) is 4.79 Å². The number of para-hydroxylation sites is 1. The Kier molecular flexibility index (Phi) is 5.58. The lowest BCUT2D eigenvalue weighted by Gasteiger charge is -2.33. The number of rotatable bonds is 5. The van der Waals surface area contributed by atoms with E-state index >= 15 is 0 Å². The molecule has 2 aromatic rings. The molecule has 1 saturated heterocycles. The molecule has 0 bridgehead atoms. The van der Waals surface area contributed by atoms with E-state index in [1.165, 1.54) is 10.6 Å². The molecule has 1 fully saturated rings. The largest absolute Gasteiger partial charge is 0.457 e. The van der Waals surface area contributed by atoms with Gasteiger partial charge in [0.2, 0.25) is 15.9 Å². The van der Waals surface area contributed by atoms with Crippen LogP contribution in [0, 0.1) is 0 Å². The van der Waals surface area contributed by atoms with Gasteiger partial charge in [0.1, 0.15) is 11.5 Å². The maximum atomic E-state index is 12.4. The van der Waals surface area contributed by atoms with Crippen LogP contribution in [0.1, 0.15) is 5.56 Å². The summed E-state index contributed by atoms with van der Waals surface area (Å²) in [5.74, 6) is 1.49. The van der Waals surface area contributed by atoms with Gasteiger partial charge in [0.05, 0.1) is 12.7 Å². The molecule has 0 N–H and O–H groups in total. The normalized spacial score (nSPS) is 15.7. The average molecular weight is 374 g/mol. The van der Waals surface area contributed by atoms with Crippen molar-refractivity contribution in [3.8, 4) is 11.5 Å². The van der Waals surface area contributed by atoms with Gasteiger partial charge in [-0.05, 0) is 29.8 Å². The van der Waals surface area contributed by atoms with Crippen molar-refractivity contribution in [3.05, 3.63) is 60.2 Å². The first-order valence-corrected chi connectivity index (χ1v) is 10.3. The molecular weight excluding hydrogens is 352 g/mol. The fourth-order valence-electron chi connectivity index (χ4n) is 2.86. The molecule has 6 nitrogen and oxygen atoms in total. The van der Waals surface area contributed by atoms with Crippen molar-refractivity contribution < 1.29 is 17.9 Å². The molecule has 0 spiro atoms. The minimum absolute atomic E-state index is 0.00915. The quantitative estimate of drug-likeness (QED) is 0.804.